The predicted octanol–water partition coefficient (Wildman–Crippen LogP) is 10.3. The minimum Gasteiger partial charge on any atom is -0.426 e. The zero-order valence-electron chi connectivity index (χ0n) is 25.3. The molecule has 0 aliphatic heterocycles. The second kappa shape index (κ2) is 22.5. The van der Waals surface area contributed by atoms with Gasteiger partial charge in [0.2, 0.25) is 0 Å². The van der Waals surface area contributed by atoms with Crippen molar-refractivity contribution >= 4 is 5.97 Å². The molecule has 1 aromatic rings. The van der Waals surface area contributed by atoms with E-state index in [2.05, 4.69) is 25.2 Å². The zero-order valence-corrected chi connectivity index (χ0v) is 25.3. The van der Waals surface area contributed by atoms with Gasteiger partial charge in [0.25, 0.3) is 0 Å². The average Bonchev–Trinajstić information content (AvgIpc) is 2.93. The van der Waals surface area contributed by atoms with Crippen LogP contribution in [0.1, 0.15) is 166 Å². The molecular weight excluding hydrogens is 466 g/mol. The van der Waals surface area contributed by atoms with Gasteiger partial charge in [0.15, 0.2) is 0 Å². The number of ether oxygens (including phenoxy) is 1. The van der Waals surface area contributed by atoms with Gasteiger partial charge in [-0.05, 0) is 55.8 Å². The van der Waals surface area contributed by atoms with Gasteiger partial charge in [-0.2, -0.15) is 0 Å². The minimum atomic E-state index is -0.0587. The number of carbonyl (C=O) groups excluding carboxylic acids is 1. The summed E-state index contributed by atoms with van der Waals surface area (Å²) in [6, 6.07) is 6.77. The quantitative estimate of drug-likeness (QED) is 0.0825. The summed E-state index contributed by atoms with van der Waals surface area (Å²) in [6.07, 6.45) is 30.9. The van der Waals surface area contributed by atoms with Crippen LogP contribution in [0.2, 0.25) is 0 Å². The molecule has 1 N–H and O–H groups in total. The molecule has 3 nitrogen and oxygen atoms in total. The van der Waals surface area contributed by atoms with Crippen LogP contribution in [0.4, 0.5) is 0 Å². The maximum Gasteiger partial charge on any atom is 0.311 e. The third-order valence-electron chi connectivity index (χ3n) is 8.33. The van der Waals surface area contributed by atoms with Crippen molar-refractivity contribution in [2.75, 3.05) is 6.54 Å². The molecule has 1 aliphatic carbocycles. The number of hydrogen-bond acceptors (Lipinski definition) is 3. The van der Waals surface area contributed by atoms with E-state index < -0.39 is 0 Å². The van der Waals surface area contributed by atoms with E-state index in [1.54, 1.807) is 0 Å². The van der Waals surface area contributed by atoms with Crippen molar-refractivity contribution in [2.45, 2.75) is 174 Å². The molecule has 0 spiro atoms. The number of carbonyl (C=O) groups is 1. The van der Waals surface area contributed by atoms with E-state index >= 15 is 0 Å². The topological polar surface area (TPSA) is 38.3 Å². The van der Waals surface area contributed by atoms with Crippen molar-refractivity contribution in [1.82, 2.24) is 5.32 Å². The van der Waals surface area contributed by atoms with Crippen molar-refractivity contribution in [3.8, 4) is 5.75 Å². The number of hydrogen-bond donors (Lipinski definition) is 1. The summed E-state index contributed by atoms with van der Waals surface area (Å²) in [6.45, 7) is 5.58. The number of rotatable bonds is 24. The lowest BCUT2D eigenvalue weighted by Gasteiger charge is -2.26. The van der Waals surface area contributed by atoms with Crippen LogP contribution in [-0.4, -0.2) is 18.6 Å². The Morgan fingerprint density at radius 3 is 1.79 bits per heavy atom. The number of nitrogens with one attached hydrogen (secondary N) is 1. The van der Waals surface area contributed by atoms with Crippen LogP contribution in [0.5, 0.6) is 5.75 Å². The van der Waals surface area contributed by atoms with E-state index in [1.165, 1.54) is 127 Å². The Morgan fingerprint density at radius 1 is 0.737 bits per heavy atom. The van der Waals surface area contributed by atoms with Crippen LogP contribution in [0.3, 0.4) is 0 Å². The van der Waals surface area contributed by atoms with E-state index in [0.717, 1.165) is 44.4 Å². The summed E-state index contributed by atoms with van der Waals surface area (Å²) in [7, 11) is 0. The molecule has 1 atom stereocenters. The molecule has 0 unspecified atom stereocenters. The van der Waals surface area contributed by atoms with Gasteiger partial charge in [-0.25, -0.2) is 0 Å². The monoisotopic (exact) mass is 527 g/mol. The first-order chi connectivity index (χ1) is 18.7. The largest absolute Gasteiger partial charge is 0.426 e. The lowest BCUT2D eigenvalue weighted by Crippen LogP contribution is -2.35. The molecule has 1 aromatic carbocycles. The SMILES string of the molecule is CCCCCCCCCCCCCCCCCCCCCC(=O)Oc1cccc2c1CC[C@H](NCCC)C2. The van der Waals surface area contributed by atoms with E-state index in [-0.39, 0.29) is 5.97 Å². The Hall–Kier alpha value is -1.35. The third kappa shape index (κ3) is 15.3. The van der Waals surface area contributed by atoms with E-state index in [4.69, 9.17) is 4.74 Å². The van der Waals surface area contributed by atoms with E-state index in [0.29, 0.717) is 12.5 Å². The third-order valence-corrected chi connectivity index (χ3v) is 8.33. The molecular formula is C35H61NO2. The molecule has 2 rings (SSSR count). The predicted molar refractivity (Wildman–Crippen MR) is 164 cm³/mol. The molecule has 0 amide bonds. The molecule has 0 aromatic heterocycles. The summed E-state index contributed by atoms with van der Waals surface area (Å²) in [5.74, 6) is 0.746. The lowest BCUT2D eigenvalue weighted by atomic mass is 9.87. The normalized spacial score (nSPS) is 14.9. The number of benzene rings is 1. The summed E-state index contributed by atoms with van der Waals surface area (Å²) in [4.78, 5) is 12.5. The molecule has 0 heterocycles. The maximum absolute atomic E-state index is 12.5. The summed E-state index contributed by atoms with van der Waals surface area (Å²) in [5.41, 5.74) is 2.60. The second-order valence-electron chi connectivity index (χ2n) is 11.9. The fourth-order valence-corrected chi connectivity index (χ4v) is 5.91. The lowest BCUT2D eigenvalue weighted by molar-refractivity contribution is -0.134. The Balaban J connectivity index is 1.38. The van der Waals surface area contributed by atoms with Gasteiger partial charge < -0.3 is 10.1 Å². The van der Waals surface area contributed by atoms with E-state index in [1.807, 2.05) is 12.1 Å². The Bertz CT molecular complexity index is 716. The molecule has 0 fully saturated rings. The van der Waals surface area contributed by atoms with Crippen molar-refractivity contribution in [2.24, 2.45) is 0 Å². The van der Waals surface area contributed by atoms with Crippen LogP contribution in [-0.2, 0) is 17.6 Å². The van der Waals surface area contributed by atoms with Gasteiger partial charge in [-0.3, -0.25) is 4.79 Å². The number of esters is 1. The Morgan fingerprint density at radius 2 is 1.26 bits per heavy atom. The standard InChI is InChI=1S/C35H61NO2/c1-3-5-6-7-8-9-10-11-12-13-14-15-16-17-18-19-20-21-22-26-35(37)38-34-25-23-24-31-30-32(36-29-4-2)27-28-33(31)34/h23-25,32,36H,3-22,26-30H2,1-2H3/t32-/m0/s1. The molecule has 38 heavy (non-hydrogen) atoms. The highest BCUT2D eigenvalue weighted by Gasteiger charge is 2.21. The highest BCUT2D eigenvalue weighted by atomic mass is 16.5. The van der Waals surface area contributed by atoms with Gasteiger partial charge in [-0.15, -0.1) is 0 Å². The highest BCUT2D eigenvalue weighted by molar-refractivity contribution is 5.73. The smallest absolute Gasteiger partial charge is 0.311 e. The van der Waals surface area contributed by atoms with Gasteiger partial charge >= 0.3 is 5.97 Å². The van der Waals surface area contributed by atoms with E-state index in [9.17, 15) is 4.79 Å². The van der Waals surface area contributed by atoms with Crippen molar-refractivity contribution in [3.63, 3.8) is 0 Å². The molecule has 0 bridgehead atoms. The average molecular weight is 528 g/mol. The fraction of sp³-hybridized carbons (Fsp3) is 0.800. The van der Waals surface area contributed by atoms with Crippen LogP contribution in [0, 0.1) is 0 Å². The Labute approximate surface area is 236 Å². The Kier molecular flexibility index (Phi) is 19.4. The number of unbranched alkanes of at least 4 members (excludes halogenated alkanes) is 18. The first kappa shape index (κ1) is 32.9. The van der Waals surface area contributed by atoms with Crippen molar-refractivity contribution in [3.05, 3.63) is 29.3 Å². The fourth-order valence-electron chi connectivity index (χ4n) is 5.91. The van der Waals surface area contributed by atoms with Gasteiger partial charge in [-0.1, -0.05) is 142 Å². The zero-order chi connectivity index (χ0) is 27.1. The van der Waals surface area contributed by atoms with Crippen LogP contribution >= 0.6 is 0 Å². The highest BCUT2D eigenvalue weighted by Crippen LogP contribution is 2.30. The van der Waals surface area contributed by atoms with Crippen molar-refractivity contribution < 1.29 is 9.53 Å². The van der Waals surface area contributed by atoms with Gasteiger partial charge in [0, 0.05) is 12.5 Å². The van der Waals surface area contributed by atoms with Gasteiger partial charge in [0.05, 0.1) is 0 Å². The van der Waals surface area contributed by atoms with Crippen LogP contribution < -0.4 is 10.1 Å². The summed E-state index contributed by atoms with van der Waals surface area (Å²) < 4.78 is 5.81. The molecule has 218 valence electrons. The molecule has 1 aliphatic rings. The molecule has 0 saturated carbocycles. The number of fused-ring (bicyclic) bond motifs is 1. The molecule has 0 saturated heterocycles. The second-order valence-corrected chi connectivity index (χ2v) is 11.9. The summed E-state index contributed by atoms with van der Waals surface area (Å²) in [5, 5.41) is 3.64. The van der Waals surface area contributed by atoms with Gasteiger partial charge in [0.1, 0.15) is 5.75 Å². The van der Waals surface area contributed by atoms with Crippen LogP contribution in [0.25, 0.3) is 0 Å². The first-order valence-corrected chi connectivity index (χ1v) is 16.8. The molecule has 0 radical (unpaired) electrons. The molecule has 3 heteroatoms. The van der Waals surface area contributed by atoms with Crippen molar-refractivity contribution in [1.29, 1.82) is 0 Å². The minimum absolute atomic E-state index is 0.0587. The summed E-state index contributed by atoms with van der Waals surface area (Å²) >= 11 is 0. The first-order valence-electron chi connectivity index (χ1n) is 16.8. The van der Waals surface area contributed by atoms with Crippen LogP contribution in [0.15, 0.2) is 18.2 Å². The maximum atomic E-state index is 12.5.